The normalized spacial score (nSPS) is 16.9. The third-order valence-electron chi connectivity index (χ3n) is 5.76. The lowest BCUT2D eigenvalue weighted by Gasteiger charge is -2.36. The number of amides is 1. The second kappa shape index (κ2) is 10.0. The van der Waals surface area contributed by atoms with Gasteiger partial charge in [-0.15, -0.1) is 0 Å². The highest BCUT2D eigenvalue weighted by Gasteiger charge is 2.19. The molecule has 2 aromatic carbocycles. The Morgan fingerprint density at radius 3 is 2.73 bits per heavy atom. The SMILES string of the molecule is O=C1CCc2ccc(OCCCCN3CCN(c4cccc(Cl)c4Br)CC3)cc2N1. The van der Waals surface area contributed by atoms with Gasteiger partial charge in [0.15, 0.2) is 0 Å². The van der Waals surface area contributed by atoms with Crippen LogP contribution in [0.4, 0.5) is 11.4 Å². The Labute approximate surface area is 191 Å². The number of carbonyl (C=O) groups is 1. The predicted molar refractivity (Wildman–Crippen MR) is 126 cm³/mol. The number of rotatable bonds is 7. The van der Waals surface area contributed by atoms with Gasteiger partial charge in [0.1, 0.15) is 5.75 Å². The van der Waals surface area contributed by atoms with E-state index in [9.17, 15) is 4.79 Å². The van der Waals surface area contributed by atoms with Gasteiger partial charge >= 0.3 is 0 Å². The van der Waals surface area contributed by atoms with Gasteiger partial charge in [0.05, 0.1) is 21.8 Å². The number of carbonyl (C=O) groups excluding carboxylic acids is 1. The molecule has 1 N–H and O–H groups in total. The van der Waals surface area contributed by atoms with E-state index in [1.165, 1.54) is 11.3 Å². The quantitative estimate of drug-likeness (QED) is 0.554. The summed E-state index contributed by atoms with van der Waals surface area (Å²) in [5.41, 5.74) is 3.26. The van der Waals surface area contributed by atoms with Crippen LogP contribution in [0.1, 0.15) is 24.8 Å². The molecule has 1 saturated heterocycles. The molecule has 0 saturated carbocycles. The number of halogens is 2. The van der Waals surface area contributed by atoms with Crippen molar-refractivity contribution in [3.05, 3.63) is 51.5 Å². The maximum atomic E-state index is 11.6. The summed E-state index contributed by atoms with van der Waals surface area (Å²) in [5, 5.41) is 3.69. The molecule has 0 aromatic heterocycles. The van der Waals surface area contributed by atoms with Gasteiger partial charge in [-0.2, -0.15) is 0 Å². The fraction of sp³-hybridized carbons (Fsp3) is 0.435. The number of hydrogen-bond acceptors (Lipinski definition) is 4. The first-order valence-corrected chi connectivity index (χ1v) is 11.7. The first-order chi connectivity index (χ1) is 14.6. The third kappa shape index (κ3) is 5.29. The van der Waals surface area contributed by atoms with E-state index >= 15 is 0 Å². The summed E-state index contributed by atoms with van der Waals surface area (Å²) in [6, 6.07) is 12.0. The summed E-state index contributed by atoms with van der Waals surface area (Å²) >= 11 is 9.84. The molecule has 160 valence electrons. The highest BCUT2D eigenvalue weighted by molar-refractivity contribution is 9.10. The summed E-state index contributed by atoms with van der Waals surface area (Å²) in [6.45, 7) is 5.93. The molecule has 0 unspecified atom stereocenters. The number of anilines is 2. The summed E-state index contributed by atoms with van der Waals surface area (Å²) in [4.78, 5) is 16.5. The third-order valence-corrected chi connectivity index (χ3v) is 7.14. The van der Waals surface area contributed by atoms with Crippen LogP contribution in [0.5, 0.6) is 5.75 Å². The molecule has 2 aliphatic heterocycles. The van der Waals surface area contributed by atoms with Crippen molar-refractivity contribution < 1.29 is 9.53 Å². The Hall–Kier alpha value is -1.76. The molecule has 4 rings (SSSR count). The van der Waals surface area contributed by atoms with Crippen LogP contribution in [-0.2, 0) is 11.2 Å². The molecule has 30 heavy (non-hydrogen) atoms. The van der Waals surface area contributed by atoms with Gasteiger partial charge in [0, 0.05) is 44.4 Å². The molecule has 2 aliphatic rings. The van der Waals surface area contributed by atoms with E-state index in [4.69, 9.17) is 16.3 Å². The molecule has 0 bridgehead atoms. The molecular weight excluding hydrogens is 466 g/mol. The van der Waals surface area contributed by atoms with Gasteiger partial charge in [-0.05, 0) is 65.5 Å². The van der Waals surface area contributed by atoms with Crippen LogP contribution in [0.25, 0.3) is 0 Å². The van der Waals surface area contributed by atoms with Crippen molar-refractivity contribution in [2.75, 3.05) is 49.5 Å². The van der Waals surface area contributed by atoms with Gasteiger partial charge in [-0.25, -0.2) is 0 Å². The van der Waals surface area contributed by atoms with E-state index in [2.05, 4.69) is 43.2 Å². The molecule has 1 fully saturated rings. The van der Waals surface area contributed by atoms with E-state index in [0.717, 1.165) is 72.9 Å². The van der Waals surface area contributed by atoms with E-state index in [-0.39, 0.29) is 5.91 Å². The maximum Gasteiger partial charge on any atom is 0.224 e. The Morgan fingerprint density at radius 2 is 1.90 bits per heavy atom. The maximum absolute atomic E-state index is 11.6. The second-order valence-corrected chi connectivity index (χ2v) is 9.02. The Bertz CT molecular complexity index is 900. The number of nitrogens with zero attached hydrogens (tertiary/aromatic N) is 2. The molecule has 7 heteroatoms. The van der Waals surface area contributed by atoms with Crippen LogP contribution < -0.4 is 15.0 Å². The van der Waals surface area contributed by atoms with Crippen LogP contribution >= 0.6 is 27.5 Å². The van der Waals surface area contributed by atoms with Gasteiger partial charge in [0.2, 0.25) is 5.91 Å². The lowest BCUT2D eigenvalue weighted by molar-refractivity contribution is -0.116. The molecule has 2 aromatic rings. The monoisotopic (exact) mass is 491 g/mol. The van der Waals surface area contributed by atoms with Crippen LogP contribution in [0, 0.1) is 0 Å². The van der Waals surface area contributed by atoms with Crippen molar-refractivity contribution in [3.63, 3.8) is 0 Å². The Balaban J connectivity index is 1.15. The number of benzene rings is 2. The van der Waals surface area contributed by atoms with Crippen molar-refractivity contribution in [1.29, 1.82) is 0 Å². The number of aryl methyl sites for hydroxylation is 1. The van der Waals surface area contributed by atoms with Crippen LogP contribution in [0.15, 0.2) is 40.9 Å². The number of piperazine rings is 1. The lowest BCUT2D eigenvalue weighted by Crippen LogP contribution is -2.46. The topological polar surface area (TPSA) is 44.8 Å². The average molecular weight is 493 g/mol. The van der Waals surface area contributed by atoms with Crippen molar-refractivity contribution in [1.82, 2.24) is 4.90 Å². The molecular formula is C23H27BrClN3O2. The van der Waals surface area contributed by atoms with Crippen molar-refractivity contribution in [2.45, 2.75) is 25.7 Å². The minimum atomic E-state index is 0.0856. The standard InChI is InChI=1S/C23H27BrClN3O2/c24-23-19(25)4-3-5-21(23)28-13-11-27(12-14-28)10-1-2-15-30-18-8-6-17-7-9-22(29)26-20(17)16-18/h3-6,8,16H,1-2,7,9-15H2,(H,26,29). The number of nitrogens with one attached hydrogen (secondary N) is 1. The largest absolute Gasteiger partial charge is 0.494 e. The average Bonchev–Trinajstić information content (AvgIpc) is 2.76. The van der Waals surface area contributed by atoms with E-state index < -0.39 is 0 Å². The summed E-state index contributed by atoms with van der Waals surface area (Å²) in [6.07, 6.45) is 3.51. The first-order valence-electron chi connectivity index (χ1n) is 10.6. The highest BCUT2D eigenvalue weighted by Crippen LogP contribution is 2.33. The number of unbranched alkanes of at least 4 members (excludes halogenated alkanes) is 1. The summed E-state index contributed by atoms with van der Waals surface area (Å²) < 4.78 is 6.89. The zero-order valence-electron chi connectivity index (χ0n) is 17.0. The molecule has 0 aliphatic carbocycles. The molecule has 0 atom stereocenters. The fourth-order valence-electron chi connectivity index (χ4n) is 4.02. The summed E-state index contributed by atoms with van der Waals surface area (Å²) in [5.74, 6) is 0.916. The molecule has 0 radical (unpaired) electrons. The lowest BCUT2D eigenvalue weighted by atomic mass is 10.0. The number of fused-ring (bicyclic) bond motifs is 1. The Morgan fingerprint density at radius 1 is 1.07 bits per heavy atom. The smallest absolute Gasteiger partial charge is 0.224 e. The van der Waals surface area contributed by atoms with Crippen molar-refractivity contribution >= 4 is 44.8 Å². The number of ether oxygens (including phenoxy) is 1. The van der Waals surface area contributed by atoms with E-state index in [1.807, 2.05) is 24.3 Å². The first kappa shape index (κ1) is 21.5. The van der Waals surface area contributed by atoms with Crippen LogP contribution in [0.3, 0.4) is 0 Å². The van der Waals surface area contributed by atoms with Gasteiger partial charge < -0.3 is 15.0 Å². The minimum absolute atomic E-state index is 0.0856. The summed E-state index contributed by atoms with van der Waals surface area (Å²) in [7, 11) is 0. The fourth-order valence-corrected chi connectivity index (χ4v) is 4.70. The molecule has 0 spiro atoms. The van der Waals surface area contributed by atoms with Gasteiger partial charge in [-0.3, -0.25) is 9.69 Å². The zero-order chi connectivity index (χ0) is 20.9. The second-order valence-electron chi connectivity index (χ2n) is 7.82. The van der Waals surface area contributed by atoms with Gasteiger partial charge in [-0.1, -0.05) is 23.7 Å². The highest BCUT2D eigenvalue weighted by atomic mass is 79.9. The van der Waals surface area contributed by atoms with Crippen LogP contribution in [0.2, 0.25) is 5.02 Å². The van der Waals surface area contributed by atoms with E-state index in [1.54, 1.807) is 0 Å². The van der Waals surface area contributed by atoms with E-state index in [0.29, 0.717) is 13.0 Å². The predicted octanol–water partition coefficient (Wildman–Crippen LogP) is 4.97. The Kier molecular flexibility index (Phi) is 7.18. The minimum Gasteiger partial charge on any atom is -0.494 e. The molecule has 1 amide bonds. The van der Waals surface area contributed by atoms with Gasteiger partial charge in [0.25, 0.3) is 0 Å². The molecule has 5 nitrogen and oxygen atoms in total. The molecule has 2 heterocycles. The van der Waals surface area contributed by atoms with Crippen LogP contribution in [-0.4, -0.2) is 50.1 Å². The van der Waals surface area contributed by atoms with Crippen molar-refractivity contribution in [3.8, 4) is 5.75 Å². The zero-order valence-corrected chi connectivity index (χ0v) is 19.3. The van der Waals surface area contributed by atoms with Crippen molar-refractivity contribution in [2.24, 2.45) is 0 Å². The number of hydrogen-bond donors (Lipinski definition) is 1.